The highest BCUT2D eigenvalue weighted by Crippen LogP contribution is 2.51. The Kier molecular flexibility index (Phi) is 10.6. The van der Waals surface area contributed by atoms with Crippen molar-refractivity contribution in [1.29, 1.82) is 0 Å². The van der Waals surface area contributed by atoms with Gasteiger partial charge >= 0.3 is 0 Å². The molecule has 3 heterocycles. The minimum absolute atomic E-state index is 0.0527. The Hall–Kier alpha value is -6.59. The first-order valence-corrected chi connectivity index (χ1v) is 20.9. The summed E-state index contributed by atoms with van der Waals surface area (Å²) in [6.45, 7) is 20.2. The van der Waals surface area contributed by atoms with Crippen molar-refractivity contribution < 1.29 is 0 Å². The second kappa shape index (κ2) is 15.9. The molecule has 3 aromatic heterocycles. The number of nitrogens with zero attached hydrogens (tertiary/aromatic N) is 5. The fraction of sp³-hybridized carbons (Fsp3) is 0.218. The zero-order chi connectivity index (χ0) is 42.2. The summed E-state index contributed by atoms with van der Waals surface area (Å²) in [5.41, 5.74) is 12.5. The van der Waals surface area contributed by atoms with E-state index in [4.69, 9.17) is 15.0 Å². The first-order valence-electron chi connectivity index (χ1n) is 20.9. The second-order valence-corrected chi connectivity index (χ2v) is 18.8. The Morgan fingerprint density at radius 2 is 0.900 bits per heavy atom. The van der Waals surface area contributed by atoms with Crippen LogP contribution < -0.4 is 9.80 Å². The third kappa shape index (κ3) is 8.31. The van der Waals surface area contributed by atoms with E-state index in [0.29, 0.717) is 0 Å². The van der Waals surface area contributed by atoms with Crippen LogP contribution in [0.3, 0.4) is 0 Å². The molecular weight excluding hydrogens is 731 g/mol. The zero-order valence-electron chi connectivity index (χ0n) is 36.4. The van der Waals surface area contributed by atoms with Gasteiger partial charge in [-0.2, -0.15) is 0 Å². The van der Waals surface area contributed by atoms with Gasteiger partial charge in [-0.1, -0.05) is 159 Å². The van der Waals surface area contributed by atoms with Crippen LogP contribution >= 0.6 is 0 Å². The first-order chi connectivity index (χ1) is 28.6. The van der Waals surface area contributed by atoms with Gasteiger partial charge in [-0.05, 0) is 104 Å². The highest BCUT2D eigenvalue weighted by atomic mass is 15.2. The van der Waals surface area contributed by atoms with Crippen LogP contribution in [0, 0.1) is 0 Å². The molecule has 8 aromatic rings. The van der Waals surface area contributed by atoms with Crippen molar-refractivity contribution in [3.8, 4) is 22.3 Å². The van der Waals surface area contributed by atoms with E-state index in [1.54, 1.807) is 0 Å². The molecule has 0 saturated heterocycles. The highest BCUT2D eigenvalue weighted by molar-refractivity contribution is 5.99. The maximum Gasteiger partial charge on any atom is 0.137 e. The number of aromatic nitrogens is 3. The van der Waals surface area contributed by atoms with E-state index in [1.807, 2.05) is 24.7 Å². The molecule has 0 unspecified atom stereocenters. The lowest BCUT2D eigenvalue weighted by Crippen LogP contribution is -2.21. The highest BCUT2D eigenvalue weighted by Gasteiger charge is 2.30. The number of hydrogen-bond donors (Lipinski definition) is 0. The van der Waals surface area contributed by atoms with Crippen molar-refractivity contribution in [3.63, 3.8) is 0 Å². The summed E-state index contributed by atoms with van der Waals surface area (Å²) in [6, 6.07) is 54.3. The van der Waals surface area contributed by atoms with Crippen LogP contribution in [0.2, 0.25) is 0 Å². The predicted molar refractivity (Wildman–Crippen MR) is 254 cm³/mol. The Morgan fingerprint density at radius 1 is 0.383 bits per heavy atom. The average Bonchev–Trinajstić information content (AvgIpc) is 3.24. The van der Waals surface area contributed by atoms with Gasteiger partial charge in [0.1, 0.15) is 11.6 Å². The van der Waals surface area contributed by atoms with E-state index in [0.717, 1.165) is 67.5 Å². The first kappa shape index (κ1) is 40.2. The number of pyridine rings is 3. The Labute approximate surface area is 356 Å². The average molecular weight is 786 g/mol. The minimum Gasteiger partial charge on any atom is -0.294 e. The maximum absolute atomic E-state index is 5.28. The fourth-order valence-electron chi connectivity index (χ4n) is 7.66. The van der Waals surface area contributed by atoms with Gasteiger partial charge in [0.25, 0.3) is 0 Å². The molecule has 0 aliphatic rings. The summed E-state index contributed by atoms with van der Waals surface area (Å²) in [5.74, 6) is 1.65. The molecule has 0 amide bonds. The predicted octanol–water partition coefficient (Wildman–Crippen LogP) is 15.2. The molecule has 0 saturated carbocycles. The van der Waals surface area contributed by atoms with Gasteiger partial charge in [0, 0.05) is 40.9 Å². The topological polar surface area (TPSA) is 45.2 Å². The van der Waals surface area contributed by atoms with E-state index in [1.165, 1.54) is 16.7 Å². The summed E-state index contributed by atoms with van der Waals surface area (Å²) in [4.78, 5) is 20.0. The Bertz CT molecular complexity index is 2740. The van der Waals surface area contributed by atoms with Crippen LogP contribution in [0.25, 0.3) is 33.2 Å². The van der Waals surface area contributed by atoms with Crippen LogP contribution in [-0.2, 0) is 16.2 Å². The summed E-state index contributed by atoms with van der Waals surface area (Å²) < 4.78 is 0. The quantitative estimate of drug-likeness (QED) is 0.154. The molecule has 0 spiro atoms. The molecule has 60 heavy (non-hydrogen) atoms. The SMILES string of the molecule is CC(C)(C)c1ccc(N(c2cccc(-c3ccccc3)c2)c2cc(C(C)(C)C)cc(N(c3ccc4cccnc4c3)c3ccc(C(C)(C)C)cn3)c2-c2ccccc2)nc1. The van der Waals surface area contributed by atoms with Gasteiger partial charge < -0.3 is 0 Å². The third-order valence-corrected chi connectivity index (χ3v) is 11.3. The van der Waals surface area contributed by atoms with E-state index in [-0.39, 0.29) is 16.2 Å². The molecule has 5 heteroatoms. The lowest BCUT2D eigenvalue weighted by molar-refractivity contribution is 0.587. The molecule has 0 aliphatic heterocycles. The number of benzene rings is 5. The summed E-state index contributed by atoms with van der Waals surface area (Å²) >= 11 is 0. The van der Waals surface area contributed by atoms with E-state index in [9.17, 15) is 0 Å². The molecule has 0 radical (unpaired) electrons. The van der Waals surface area contributed by atoms with Crippen LogP contribution in [0.5, 0.6) is 0 Å². The number of rotatable bonds is 8. The smallest absolute Gasteiger partial charge is 0.137 e. The fourth-order valence-corrected chi connectivity index (χ4v) is 7.66. The largest absolute Gasteiger partial charge is 0.294 e. The maximum atomic E-state index is 5.28. The van der Waals surface area contributed by atoms with Gasteiger partial charge in [0.05, 0.1) is 16.9 Å². The van der Waals surface area contributed by atoms with Crippen LogP contribution in [0.4, 0.5) is 34.4 Å². The van der Waals surface area contributed by atoms with Crippen molar-refractivity contribution >= 4 is 45.3 Å². The van der Waals surface area contributed by atoms with Gasteiger partial charge in [0.15, 0.2) is 0 Å². The van der Waals surface area contributed by atoms with E-state index >= 15 is 0 Å². The summed E-state index contributed by atoms with van der Waals surface area (Å²) in [7, 11) is 0. The van der Waals surface area contributed by atoms with Gasteiger partial charge in [-0.3, -0.25) is 14.8 Å². The molecule has 5 nitrogen and oxygen atoms in total. The number of fused-ring (bicyclic) bond motifs is 1. The molecule has 0 fully saturated rings. The number of hydrogen-bond acceptors (Lipinski definition) is 5. The molecule has 8 rings (SSSR count). The molecule has 5 aromatic carbocycles. The zero-order valence-corrected chi connectivity index (χ0v) is 36.4. The third-order valence-electron chi connectivity index (χ3n) is 11.3. The van der Waals surface area contributed by atoms with Crippen LogP contribution in [0.15, 0.2) is 170 Å². The normalized spacial score (nSPS) is 12.1. The minimum atomic E-state index is -0.222. The van der Waals surface area contributed by atoms with Gasteiger partial charge in [-0.15, -0.1) is 0 Å². The molecule has 0 atom stereocenters. The summed E-state index contributed by atoms with van der Waals surface area (Å²) in [5, 5.41) is 1.08. The molecular formula is C55H55N5. The Balaban J connectivity index is 1.49. The van der Waals surface area contributed by atoms with Crippen LogP contribution in [-0.4, -0.2) is 15.0 Å². The van der Waals surface area contributed by atoms with Crippen molar-refractivity contribution in [2.45, 2.75) is 78.6 Å². The molecule has 0 bridgehead atoms. The van der Waals surface area contributed by atoms with Gasteiger partial charge in [-0.25, -0.2) is 9.97 Å². The molecule has 0 N–H and O–H groups in total. The Morgan fingerprint density at radius 3 is 1.42 bits per heavy atom. The van der Waals surface area contributed by atoms with Crippen molar-refractivity contribution in [3.05, 3.63) is 187 Å². The lowest BCUT2D eigenvalue weighted by Gasteiger charge is -2.35. The number of anilines is 6. The van der Waals surface area contributed by atoms with Crippen molar-refractivity contribution in [2.75, 3.05) is 9.80 Å². The van der Waals surface area contributed by atoms with E-state index in [2.05, 4.69) is 218 Å². The standard InChI is InChI=1S/C55H55N5/c1-53(2,3)42-26-29-50(57-36-42)59(45-24-16-22-41(32-45)38-18-12-10-13-19-38)48-33-44(55(7,8)9)34-49(52(48)40-20-14-11-15-21-40)60(51-30-27-43(37-58-51)54(4,5)6)46-28-25-39-23-17-31-56-47(39)35-46/h10-37H,1-9H3. The monoisotopic (exact) mass is 785 g/mol. The van der Waals surface area contributed by atoms with Crippen LogP contribution in [0.1, 0.15) is 79.0 Å². The summed E-state index contributed by atoms with van der Waals surface area (Å²) in [6.07, 6.45) is 5.93. The van der Waals surface area contributed by atoms with Gasteiger partial charge in [0.2, 0.25) is 0 Å². The molecule has 300 valence electrons. The second-order valence-electron chi connectivity index (χ2n) is 18.8. The lowest BCUT2D eigenvalue weighted by atomic mass is 9.84. The molecule has 0 aliphatic carbocycles. The van der Waals surface area contributed by atoms with Crippen molar-refractivity contribution in [1.82, 2.24) is 15.0 Å². The van der Waals surface area contributed by atoms with Crippen molar-refractivity contribution in [2.24, 2.45) is 0 Å². The van der Waals surface area contributed by atoms with E-state index < -0.39 is 0 Å².